The fourth-order valence-electron chi connectivity index (χ4n) is 1.23. The molecule has 1 unspecified atom stereocenters. The zero-order valence-electron chi connectivity index (χ0n) is 9.36. The predicted octanol–water partition coefficient (Wildman–Crippen LogP) is 0.634. The molecular formula is C10H17N3O2. The van der Waals surface area contributed by atoms with Crippen molar-refractivity contribution < 1.29 is 9.53 Å². The van der Waals surface area contributed by atoms with Gasteiger partial charge < -0.3 is 10.1 Å². The van der Waals surface area contributed by atoms with Crippen molar-refractivity contribution in [2.45, 2.75) is 19.9 Å². The molecule has 0 aliphatic rings. The molecule has 1 aromatic heterocycles. The molecule has 1 atom stereocenters. The third-order valence-corrected chi connectivity index (χ3v) is 2.08. The lowest BCUT2D eigenvalue weighted by atomic mass is 10.2. The molecule has 0 fully saturated rings. The van der Waals surface area contributed by atoms with Crippen LogP contribution in [0.2, 0.25) is 0 Å². The van der Waals surface area contributed by atoms with Gasteiger partial charge in [0.25, 0.3) is 0 Å². The monoisotopic (exact) mass is 211 g/mol. The molecule has 1 aromatic rings. The van der Waals surface area contributed by atoms with Gasteiger partial charge >= 0.3 is 5.97 Å². The number of carbonyl (C=O) groups is 1. The number of esters is 1. The van der Waals surface area contributed by atoms with Crippen LogP contribution in [-0.4, -0.2) is 28.9 Å². The van der Waals surface area contributed by atoms with Gasteiger partial charge in [-0.1, -0.05) is 0 Å². The predicted molar refractivity (Wildman–Crippen MR) is 56.3 cm³/mol. The first-order valence-electron chi connectivity index (χ1n) is 5.01. The second kappa shape index (κ2) is 5.50. The van der Waals surface area contributed by atoms with E-state index >= 15 is 0 Å². The van der Waals surface area contributed by atoms with Crippen LogP contribution in [0.4, 0.5) is 0 Å². The Labute approximate surface area is 89.4 Å². The van der Waals surface area contributed by atoms with Crippen LogP contribution in [0, 0.1) is 0 Å². The molecule has 0 saturated carbocycles. The minimum absolute atomic E-state index is 0.100. The molecule has 0 bridgehead atoms. The Kier molecular flexibility index (Phi) is 4.30. The molecule has 0 aliphatic heterocycles. The Balaban J connectivity index is 2.36. The topological polar surface area (TPSA) is 56.1 Å². The number of hydrogen-bond donors (Lipinski definition) is 1. The average molecular weight is 211 g/mol. The molecule has 15 heavy (non-hydrogen) atoms. The maximum absolute atomic E-state index is 11.1. The standard InChI is InChI=1S/C10H17N3O2/c1-4-15-10(14)6-11-8(2)9-5-12-13(3)7-9/h5,7-8,11H,4,6H2,1-3H3. The molecule has 0 aliphatic carbocycles. The lowest BCUT2D eigenvalue weighted by Crippen LogP contribution is -2.27. The van der Waals surface area contributed by atoms with E-state index in [0.717, 1.165) is 5.56 Å². The molecule has 0 saturated heterocycles. The molecule has 0 radical (unpaired) electrons. The molecule has 1 rings (SSSR count). The fraction of sp³-hybridized carbons (Fsp3) is 0.600. The highest BCUT2D eigenvalue weighted by atomic mass is 16.5. The highest BCUT2D eigenvalue weighted by Crippen LogP contribution is 2.09. The number of aryl methyl sites for hydroxylation is 1. The third kappa shape index (κ3) is 3.71. The summed E-state index contributed by atoms with van der Waals surface area (Å²) in [5, 5.41) is 7.13. The van der Waals surface area contributed by atoms with Crippen molar-refractivity contribution in [3.05, 3.63) is 18.0 Å². The van der Waals surface area contributed by atoms with Crippen molar-refractivity contribution in [1.29, 1.82) is 0 Å². The summed E-state index contributed by atoms with van der Waals surface area (Å²) in [6.07, 6.45) is 3.70. The van der Waals surface area contributed by atoms with E-state index in [1.807, 2.05) is 20.2 Å². The van der Waals surface area contributed by atoms with Gasteiger partial charge in [0.1, 0.15) is 0 Å². The van der Waals surface area contributed by atoms with Crippen molar-refractivity contribution in [2.24, 2.45) is 7.05 Å². The molecule has 1 heterocycles. The van der Waals surface area contributed by atoms with Crippen LogP contribution in [0.3, 0.4) is 0 Å². The van der Waals surface area contributed by atoms with E-state index in [-0.39, 0.29) is 18.6 Å². The molecule has 0 aromatic carbocycles. The maximum Gasteiger partial charge on any atom is 0.319 e. The second-order valence-corrected chi connectivity index (χ2v) is 3.35. The SMILES string of the molecule is CCOC(=O)CNC(C)c1cnn(C)c1. The van der Waals surface area contributed by atoms with Gasteiger partial charge in [0.2, 0.25) is 0 Å². The summed E-state index contributed by atoms with van der Waals surface area (Å²) in [5.74, 6) is -0.228. The Morgan fingerprint density at radius 3 is 3.00 bits per heavy atom. The largest absolute Gasteiger partial charge is 0.465 e. The van der Waals surface area contributed by atoms with Crippen molar-refractivity contribution in [1.82, 2.24) is 15.1 Å². The zero-order valence-corrected chi connectivity index (χ0v) is 9.36. The Hall–Kier alpha value is -1.36. The summed E-state index contributed by atoms with van der Waals surface area (Å²) in [4.78, 5) is 11.1. The fourth-order valence-corrected chi connectivity index (χ4v) is 1.23. The summed E-state index contributed by atoms with van der Waals surface area (Å²) < 4.78 is 6.55. The smallest absolute Gasteiger partial charge is 0.319 e. The normalized spacial score (nSPS) is 12.5. The van der Waals surface area contributed by atoms with Gasteiger partial charge in [0.15, 0.2) is 0 Å². The van der Waals surface area contributed by atoms with Gasteiger partial charge in [-0.2, -0.15) is 5.10 Å². The maximum atomic E-state index is 11.1. The quantitative estimate of drug-likeness (QED) is 0.726. The molecular weight excluding hydrogens is 194 g/mol. The number of nitrogens with one attached hydrogen (secondary N) is 1. The highest BCUT2D eigenvalue weighted by molar-refractivity contribution is 5.71. The van der Waals surface area contributed by atoms with Crippen LogP contribution in [0.15, 0.2) is 12.4 Å². The number of nitrogens with zero attached hydrogens (tertiary/aromatic N) is 2. The second-order valence-electron chi connectivity index (χ2n) is 3.35. The van der Waals surface area contributed by atoms with Gasteiger partial charge in [-0.15, -0.1) is 0 Å². The Morgan fingerprint density at radius 2 is 2.47 bits per heavy atom. The summed E-state index contributed by atoms with van der Waals surface area (Å²) in [6.45, 7) is 4.42. The molecule has 5 nitrogen and oxygen atoms in total. The highest BCUT2D eigenvalue weighted by Gasteiger charge is 2.09. The van der Waals surface area contributed by atoms with Crippen LogP contribution >= 0.6 is 0 Å². The van der Waals surface area contributed by atoms with E-state index in [0.29, 0.717) is 6.61 Å². The minimum Gasteiger partial charge on any atom is -0.465 e. The number of ether oxygens (including phenoxy) is 1. The van der Waals surface area contributed by atoms with E-state index in [1.54, 1.807) is 17.8 Å². The lowest BCUT2D eigenvalue weighted by molar-refractivity contribution is -0.142. The molecule has 1 N–H and O–H groups in total. The number of rotatable bonds is 5. The Bertz CT molecular complexity index is 322. The van der Waals surface area contributed by atoms with Gasteiger partial charge in [-0.25, -0.2) is 0 Å². The van der Waals surface area contributed by atoms with Gasteiger partial charge in [0.05, 0.1) is 19.3 Å². The van der Waals surface area contributed by atoms with Gasteiger partial charge in [0, 0.05) is 24.8 Å². The third-order valence-electron chi connectivity index (χ3n) is 2.08. The molecule has 0 spiro atoms. The van der Waals surface area contributed by atoms with Crippen molar-refractivity contribution in [2.75, 3.05) is 13.2 Å². The molecule has 0 amide bonds. The van der Waals surface area contributed by atoms with E-state index in [4.69, 9.17) is 4.74 Å². The van der Waals surface area contributed by atoms with Crippen molar-refractivity contribution in [3.8, 4) is 0 Å². The first-order valence-corrected chi connectivity index (χ1v) is 5.01. The number of hydrogen-bond acceptors (Lipinski definition) is 4. The van der Waals surface area contributed by atoms with Crippen LogP contribution in [0.5, 0.6) is 0 Å². The summed E-state index contributed by atoms with van der Waals surface area (Å²) in [5.41, 5.74) is 1.06. The van der Waals surface area contributed by atoms with Crippen LogP contribution in [0.1, 0.15) is 25.5 Å². The van der Waals surface area contributed by atoms with Crippen molar-refractivity contribution in [3.63, 3.8) is 0 Å². The van der Waals surface area contributed by atoms with Crippen molar-refractivity contribution >= 4 is 5.97 Å². The Morgan fingerprint density at radius 1 is 1.73 bits per heavy atom. The molecule has 5 heteroatoms. The van der Waals surface area contributed by atoms with E-state index < -0.39 is 0 Å². The zero-order chi connectivity index (χ0) is 11.3. The van der Waals surface area contributed by atoms with E-state index in [9.17, 15) is 4.79 Å². The molecule has 84 valence electrons. The number of carbonyl (C=O) groups excluding carboxylic acids is 1. The number of aromatic nitrogens is 2. The lowest BCUT2D eigenvalue weighted by Gasteiger charge is -2.10. The van der Waals surface area contributed by atoms with Crippen LogP contribution < -0.4 is 5.32 Å². The summed E-state index contributed by atoms with van der Waals surface area (Å²) >= 11 is 0. The summed E-state index contributed by atoms with van der Waals surface area (Å²) in [7, 11) is 1.86. The van der Waals surface area contributed by atoms with E-state index in [2.05, 4.69) is 10.4 Å². The van der Waals surface area contributed by atoms with Crippen LogP contribution in [-0.2, 0) is 16.6 Å². The van der Waals surface area contributed by atoms with E-state index in [1.165, 1.54) is 0 Å². The first kappa shape index (κ1) is 11.7. The first-order chi connectivity index (χ1) is 7.13. The van der Waals surface area contributed by atoms with Crippen LogP contribution in [0.25, 0.3) is 0 Å². The van der Waals surface area contributed by atoms with Gasteiger partial charge in [-0.3, -0.25) is 9.48 Å². The summed E-state index contributed by atoms with van der Waals surface area (Å²) in [6, 6.07) is 0.100. The van der Waals surface area contributed by atoms with Gasteiger partial charge in [-0.05, 0) is 13.8 Å². The minimum atomic E-state index is -0.228. The average Bonchev–Trinajstić information content (AvgIpc) is 2.62.